The molecule has 0 aliphatic carbocycles. The molecule has 2 N–H and O–H groups in total. The summed E-state index contributed by atoms with van der Waals surface area (Å²) < 4.78 is 30.7. The number of benzene rings is 2. The maximum absolute atomic E-state index is 12.9. The molecule has 3 aromatic rings. The Morgan fingerprint density at radius 1 is 1.14 bits per heavy atom. The molecule has 0 radical (unpaired) electrons. The van der Waals surface area contributed by atoms with Gasteiger partial charge in [-0.05, 0) is 35.9 Å². The molecule has 7 heteroatoms. The first kappa shape index (κ1) is 18.3. The van der Waals surface area contributed by atoms with Crippen LogP contribution >= 0.6 is 0 Å². The minimum absolute atomic E-state index is 0.146. The molecule has 1 saturated heterocycles. The van der Waals surface area contributed by atoms with Crippen molar-refractivity contribution in [2.24, 2.45) is 5.92 Å². The van der Waals surface area contributed by atoms with Crippen LogP contribution in [-0.4, -0.2) is 27.8 Å². The highest BCUT2D eigenvalue weighted by molar-refractivity contribution is 7.92. The largest absolute Gasteiger partial charge is 0.463 e. The smallest absolute Gasteiger partial charge is 0.229 e. The third-order valence-corrected chi connectivity index (χ3v) is 5.08. The second-order valence-electron chi connectivity index (χ2n) is 6.77. The lowest BCUT2D eigenvalue weighted by molar-refractivity contribution is 0.432. The van der Waals surface area contributed by atoms with E-state index in [9.17, 15) is 13.2 Å². The normalized spacial score (nSPS) is 14.2. The van der Waals surface area contributed by atoms with E-state index in [4.69, 9.17) is 4.42 Å². The second kappa shape index (κ2) is 7.15. The Kier molecular flexibility index (Phi) is 4.67. The first-order valence-corrected chi connectivity index (χ1v) is 10.6. The van der Waals surface area contributed by atoms with Crippen molar-refractivity contribution in [3.63, 3.8) is 0 Å². The molecule has 28 heavy (non-hydrogen) atoms. The molecule has 1 aromatic heterocycles. The van der Waals surface area contributed by atoms with Gasteiger partial charge in [0.1, 0.15) is 11.8 Å². The fraction of sp³-hybridized carbons (Fsp3) is 0.190. The van der Waals surface area contributed by atoms with Gasteiger partial charge in [0.15, 0.2) is 5.43 Å². The average molecular weight is 394 g/mol. The van der Waals surface area contributed by atoms with Crippen molar-refractivity contribution in [2.45, 2.75) is 0 Å². The van der Waals surface area contributed by atoms with E-state index in [0.29, 0.717) is 33.7 Å². The van der Waals surface area contributed by atoms with Crippen LogP contribution in [0.25, 0.3) is 22.1 Å². The first-order valence-electron chi connectivity index (χ1n) is 8.75. The Bertz CT molecular complexity index is 1260. The van der Waals surface area contributed by atoms with Gasteiger partial charge in [0.2, 0.25) is 10.0 Å². The lowest BCUT2D eigenvalue weighted by atomic mass is 10.0. The van der Waals surface area contributed by atoms with Crippen molar-refractivity contribution in [3.8, 4) is 23.0 Å². The lowest BCUT2D eigenvalue weighted by Crippen LogP contribution is -2.40. The van der Waals surface area contributed by atoms with Gasteiger partial charge in [-0.2, -0.15) is 0 Å². The third-order valence-electron chi connectivity index (χ3n) is 4.48. The second-order valence-corrected chi connectivity index (χ2v) is 8.51. The Balaban J connectivity index is 1.65. The summed E-state index contributed by atoms with van der Waals surface area (Å²) in [6.07, 6.45) is 2.51. The SMILES string of the molecule is CS(=O)(=O)Nc1ccc(-c2coc3cc(C#CC4CNC4)ccc3c2=O)cc1. The maximum Gasteiger partial charge on any atom is 0.229 e. The van der Waals surface area contributed by atoms with E-state index in [1.54, 1.807) is 36.4 Å². The van der Waals surface area contributed by atoms with E-state index < -0.39 is 10.0 Å². The number of hydrogen-bond donors (Lipinski definition) is 2. The number of sulfonamides is 1. The highest BCUT2D eigenvalue weighted by Gasteiger charge is 2.13. The quantitative estimate of drug-likeness (QED) is 0.666. The fourth-order valence-electron chi connectivity index (χ4n) is 2.91. The summed E-state index contributed by atoms with van der Waals surface area (Å²) in [5, 5.41) is 3.65. The zero-order valence-electron chi connectivity index (χ0n) is 15.2. The Morgan fingerprint density at radius 2 is 1.89 bits per heavy atom. The van der Waals surface area contributed by atoms with Crippen LogP contribution in [0.2, 0.25) is 0 Å². The zero-order chi connectivity index (χ0) is 19.7. The highest BCUT2D eigenvalue weighted by Crippen LogP contribution is 2.22. The fourth-order valence-corrected chi connectivity index (χ4v) is 3.48. The molecular weight excluding hydrogens is 376 g/mol. The molecule has 4 rings (SSSR count). The van der Waals surface area contributed by atoms with Crippen LogP contribution in [0.1, 0.15) is 5.56 Å². The van der Waals surface area contributed by atoms with Crippen molar-refractivity contribution in [1.29, 1.82) is 0 Å². The molecular formula is C21H18N2O4S. The van der Waals surface area contributed by atoms with Gasteiger partial charge in [-0.1, -0.05) is 24.0 Å². The van der Waals surface area contributed by atoms with Crippen molar-refractivity contribution < 1.29 is 12.8 Å². The average Bonchev–Trinajstić information content (AvgIpc) is 2.60. The number of anilines is 1. The van der Waals surface area contributed by atoms with Crippen LogP contribution in [0.5, 0.6) is 0 Å². The molecule has 1 aliphatic heterocycles. The van der Waals surface area contributed by atoms with E-state index in [0.717, 1.165) is 24.9 Å². The molecule has 0 spiro atoms. The standard InChI is InChI=1S/C21H18N2O4S/c1-28(25,26)23-17-7-5-16(6-8-17)19-13-27-20-10-14(2-3-15-11-22-12-15)4-9-18(20)21(19)24/h4-10,13,15,22-23H,11-12H2,1H3. The van der Waals surface area contributed by atoms with Gasteiger partial charge in [-0.25, -0.2) is 8.42 Å². The Morgan fingerprint density at radius 3 is 2.54 bits per heavy atom. The molecule has 2 heterocycles. The van der Waals surface area contributed by atoms with E-state index in [2.05, 4.69) is 21.9 Å². The third kappa shape index (κ3) is 3.93. The lowest BCUT2D eigenvalue weighted by Gasteiger charge is -2.21. The predicted octanol–water partition coefficient (Wildman–Crippen LogP) is 2.40. The van der Waals surface area contributed by atoms with Gasteiger partial charge in [0.25, 0.3) is 0 Å². The maximum atomic E-state index is 12.9. The minimum Gasteiger partial charge on any atom is -0.463 e. The number of hydrogen-bond acceptors (Lipinski definition) is 5. The highest BCUT2D eigenvalue weighted by atomic mass is 32.2. The topological polar surface area (TPSA) is 88.4 Å². The van der Waals surface area contributed by atoms with Crippen LogP contribution in [-0.2, 0) is 10.0 Å². The summed E-state index contributed by atoms with van der Waals surface area (Å²) in [6.45, 7) is 1.83. The van der Waals surface area contributed by atoms with Crippen LogP contribution in [0.4, 0.5) is 5.69 Å². The number of fused-ring (bicyclic) bond motifs is 1. The molecule has 6 nitrogen and oxygen atoms in total. The van der Waals surface area contributed by atoms with E-state index >= 15 is 0 Å². The van der Waals surface area contributed by atoms with Gasteiger partial charge >= 0.3 is 0 Å². The summed E-state index contributed by atoms with van der Waals surface area (Å²) in [6, 6.07) is 11.9. The molecule has 0 atom stereocenters. The van der Waals surface area contributed by atoms with Crippen molar-refractivity contribution in [3.05, 3.63) is 64.5 Å². The van der Waals surface area contributed by atoms with Crippen LogP contribution < -0.4 is 15.5 Å². The molecule has 2 aromatic carbocycles. The van der Waals surface area contributed by atoms with Gasteiger partial charge in [-0.3, -0.25) is 9.52 Å². The van der Waals surface area contributed by atoms with Gasteiger partial charge in [-0.15, -0.1) is 0 Å². The summed E-state index contributed by atoms with van der Waals surface area (Å²) in [5.74, 6) is 6.69. The number of nitrogens with one attached hydrogen (secondary N) is 2. The monoisotopic (exact) mass is 394 g/mol. The summed E-state index contributed by atoms with van der Waals surface area (Å²) >= 11 is 0. The van der Waals surface area contributed by atoms with Crippen LogP contribution in [0.3, 0.4) is 0 Å². The molecule has 0 amide bonds. The van der Waals surface area contributed by atoms with Crippen molar-refractivity contribution in [1.82, 2.24) is 5.32 Å². The van der Waals surface area contributed by atoms with Crippen molar-refractivity contribution in [2.75, 3.05) is 24.1 Å². The van der Waals surface area contributed by atoms with E-state index in [1.165, 1.54) is 6.26 Å². The summed E-state index contributed by atoms with van der Waals surface area (Å²) in [7, 11) is -3.35. The summed E-state index contributed by atoms with van der Waals surface area (Å²) in [4.78, 5) is 12.9. The Labute approximate surface area is 162 Å². The van der Waals surface area contributed by atoms with Gasteiger partial charge in [0.05, 0.1) is 17.2 Å². The Hall–Kier alpha value is -3.08. The van der Waals surface area contributed by atoms with Gasteiger partial charge in [0, 0.05) is 30.3 Å². The van der Waals surface area contributed by atoms with Crippen molar-refractivity contribution >= 4 is 26.7 Å². The molecule has 0 bridgehead atoms. The van der Waals surface area contributed by atoms with Gasteiger partial charge < -0.3 is 9.73 Å². The van der Waals surface area contributed by atoms with E-state index in [-0.39, 0.29) is 5.43 Å². The molecule has 1 aliphatic rings. The molecule has 0 saturated carbocycles. The zero-order valence-corrected chi connectivity index (χ0v) is 16.0. The minimum atomic E-state index is -3.35. The molecule has 1 fully saturated rings. The molecule has 0 unspecified atom stereocenters. The van der Waals surface area contributed by atoms with Crippen LogP contribution in [0, 0.1) is 17.8 Å². The first-order chi connectivity index (χ1) is 13.4. The van der Waals surface area contributed by atoms with Crippen LogP contribution in [0.15, 0.2) is 57.9 Å². The summed E-state index contributed by atoms with van der Waals surface area (Å²) in [5.41, 5.74) is 2.65. The predicted molar refractivity (Wildman–Crippen MR) is 110 cm³/mol. The van der Waals surface area contributed by atoms with E-state index in [1.807, 2.05) is 6.07 Å². The number of rotatable bonds is 3. The molecule has 142 valence electrons.